The molecule has 0 aliphatic carbocycles. The lowest BCUT2D eigenvalue weighted by molar-refractivity contribution is -0.142. The van der Waals surface area contributed by atoms with Crippen molar-refractivity contribution in [3.63, 3.8) is 0 Å². The van der Waals surface area contributed by atoms with E-state index >= 15 is 0 Å². The molecule has 0 aliphatic heterocycles. The van der Waals surface area contributed by atoms with Crippen LogP contribution in [0.15, 0.2) is 0 Å². The smallest absolute Gasteiger partial charge is 0.408 e. The maximum Gasteiger partial charge on any atom is 0.408 e. The van der Waals surface area contributed by atoms with Crippen LogP contribution >= 0.6 is 0 Å². The van der Waals surface area contributed by atoms with Crippen molar-refractivity contribution in [1.82, 2.24) is 10.6 Å². The van der Waals surface area contributed by atoms with Crippen molar-refractivity contribution in [1.29, 1.82) is 0 Å². The van der Waals surface area contributed by atoms with Gasteiger partial charge in [-0.15, -0.1) is 0 Å². The van der Waals surface area contributed by atoms with Gasteiger partial charge in [0.15, 0.2) is 0 Å². The molecule has 0 saturated carbocycles. The summed E-state index contributed by atoms with van der Waals surface area (Å²) < 4.78 is 5.14. The highest BCUT2D eigenvalue weighted by Crippen LogP contribution is 2.12. The topological polar surface area (TPSA) is 148 Å². The van der Waals surface area contributed by atoms with E-state index in [1.54, 1.807) is 27.7 Å². The number of alkyl carbamates (subject to hydrolysis) is 1. The number of carboxylic acid groups (broad SMARTS) is 1. The minimum absolute atomic E-state index is 0.129. The first-order valence-corrected chi connectivity index (χ1v) is 8.18. The zero-order valence-corrected chi connectivity index (χ0v) is 15.4. The number of amides is 3. The van der Waals surface area contributed by atoms with E-state index in [4.69, 9.17) is 15.6 Å². The van der Waals surface area contributed by atoms with Gasteiger partial charge < -0.3 is 26.2 Å². The molecular weight excluding hydrogens is 330 g/mol. The second-order valence-corrected chi connectivity index (χ2v) is 6.91. The number of carbonyl (C=O) groups is 4. The predicted octanol–water partition coefficient (Wildman–Crippen LogP) is 0.761. The van der Waals surface area contributed by atoms with Crippen LogP contribution in [0.5, 0.6) is 0 Å². The Labute approximate surface area is 147 Å². The summed E-state index contributed by atoms with van der Waals surface area (Å²) in [5.74, 6) is -2.85. The van der Waals surface area contributed by atoms with Crippen LogP contribution in [-0.4, -0.2) is 46.7 Å². The molecule has 0 aromatic heterocycles. The molecule has 9 nitrogen and oxygen atoms in total. The average molecular weight is 359 g/mol. The largest absolute Gasteiger partial charge is 0.480 e. The number of aliphatic carboxylic acids is 1. The number of primary amides is 1. The molecule has 3 amide bonds. The first kappa shape index (κ1) is 22.7. The van der Waals surface area contributed by atoms with Gasteiger partial charge in [0.2, 0.25) is 11.8 Å². The van der Waals surface area contributed by atoms with Crippen LogP contribution in [0.3, 0.4) is 0 Å². The third-order valence-corrected chi connectivity index (χ3v) is 3.46. The maximum atomic E-state index is 12.4. The second kappa shape index (κ2) is 9.85. The molecule has 0 unspecified atom stereocenters. The lowest BCUT2D eigenvalue weighted by atomic mass is 9.98. The molecule has 0 aromatic carbocycles. The SMILES string of the molecule is CC[C@@H](C)[C@H](NC(=O)OC(C)(C)C)C(=O)N[C@H](CCC(N)=O)C(=O)O. The van der Waals surface area contributed by atoms with Crippen molar-refractivity contribution in [2.45, 2.75) is 71.6 Å². The molecule has 0 aromatic rings. The van der Waals surface area contributed by atoms with Gasteiger partial charge in [-0.05, 0) is 33.1 Å². The first-order valence-electron chi connectivity index (χ1n) is 8.18. The van der Waals surface area contributed by atoms with Crippen LogP contribution in [0.25, 0.3) is 0 Å². The fraction of sp³-hybridized carbons (Fsp3) is 0.750. The molecule has 0 heterocycles. The molecule has 9 heteroatoms. The molecular formula is C16H29N3O6. The van der Waals surface area contributed by atoms with Gasteiger partial charge in [0.25, 0.3) is 0 Å². The van der Waals surface area contributed by atoms with Gasteiger partial charge in [-0.25, -0.2) is 9.59 Å². The Balaban J connectivity index is 5.06. The zero-order valence-electron chi connectivity index (χ0n) is 15.4. The standard InChI is InChI=1S/C16H29N3O6/c1-6-9(2)12(19-15(24)25-16(3,4)5)13(21)18-10(14(22)23)7-8-11(17)20/h9-10,12H,6-8H2,1-5H3,(H2,17,20)(H,18,21)(H,19,24)(H,22,23)/t9-,10-,12+/m1/s1. The summed E-state index contributed by atoms with van der Waals surface area (Å²) in [6.07, 6.45) is -0.495. The van der Waals surface area contributed by atoms with Crippen LogP contribution in [0, 0.1) is 5.92 Å². The van der Waals surface area contributed by atoms with E-state index in [-0.39, 0.29) is 18.8 Å². The normalized spacial score (nSPS) is 14.8. The van der Waals surface area contributed by atoms with Gasteiger partial charge in [-0.1, -0.05) is 20.3 Å². The maximum absolute atomic E-state index is 12.4. The number of ether oxygens (including phenoxy) is 1. The Kier molecular flexibility index (Phi) is 8.94. The van der Waals surface area contributed by atoms with Crippen LogP contribution in [0.1, 0.15) is 53.9 Å². The van der Waals surface area contributed by atoms with E-state index in [0.717, 1.165) is 0 Å². The predicted molar refractivity (Wildman–Crippen MR) is 90.6 cm³/mol. The van der Waals surface area contributed by atoms with Gasteiger partial charge in [0.05, 0.1) is 0 Å². The Morgan fingerprint density at radius 2 is 1.72 bits per heavy atom. The summed E-state index contributed by atoms with van der Waals surface area (Å²) >= 11 is 0. The van der Waals surface area contributed by atoms with Crippen LogP contribution in [-0.2, 0) is 19.1 Å². The minimum Gasteiger partial charge on any atom is -0.480 e. The highest BCUT2D eigenvalue weighted by Gasteiger charge is 2.31. The summed E-state index contributed by atoms with van der Waals surface area (Å²) in [5, 5.41) is 14.0. The Morgan fingerprint density at radius 3 is 2.12 bits per heavy atom. The highest BCUT2D eigenvalue weighted by molar-refractivity contribution is 5.89. The fourth-order valence-electron chi connectivity index (χ4n) is 1.94. The molecule has 0 fully saturated rings. The molecule has 0 rings (SSSR count). The van der Waals surface area contributed by atoms with Gasteiger partial charge in [-0.3, -0.25) is 9.59 Å². The first-order chi connectivity index (χ1) is 11.4. The molecule has 0 saturated heterocycles. The zero-order chi connectivity index (χ0) is 19.8. The summed E-state index contributed by atoms with van der Waals surface area (Å²) in [4.78, 5) is 46.4. The number of carboxylic acids is 1. The van der Waals surface area contributed by atoms with Crippen molar-refractivity contribution >= 4 is 23.9 Å². The Morgan fingerprint density at radius 1 is 1.16 bits per heavy atom. The average Bonchev–Trinajstić information content (AvgIpc) is 2.45. The van der Waals surface area contributed by atoms with E-state index < -0.39 is 41.6 Å². The number of hydrogen-bond acceptors (Lipinski definition) is 5. The fourth-order valence-corrected chi connectivity index (χ4v) is 1.94. The number of rotatable bonds is 9. The van der Waals surface area contributed by atoms with Crippen molar-refractivity contribution < 1.29 is 29.0 Å². The monoisotopic (exact) mass is 359 g/mol. The van der Waals surface area contributed by atoms with Crippen molar-refractivity contribution in [3.8, 4) is 0 Å². The lowest BCUT2D eigenvalue weighted by Gasteiger charge is -2.27. The van der Waals surface area contributed by atoms with Gasteiger partial charge >= 0.3 is 12.1 Å². The number of hydrogen-bond donors (Lipinski definition) is 4. The van der Waals surface area contributed by atoms with Crippen molar-refractivity contribution in [3.05, 3.63) is 0 Å². The van der Waals surface area contributed by atoms with Crippen LogP contribution in [0.4, 0.5) is 4.79 Å². The lowest BCUT2D eigenvalue weighted by Crippen LogP contribution is -2.54. The molecule has 0 aliphatic rings. The third kappa shape index (κ3) is 9.53. The Bertz CT molecular complexity index is 501. The molecule has 0 radical (unpaired) electrons. The van der Waals surface area contributed by atoms with E-state index in [2.05, 4.69) is 10.6 Å². The second-order valence-electron chi connectivity index (χ2n) is 6.91. The third-order valence-electron chi connectivity index (χ3n) is 3.46. The summed E-state index contributed by atoms with van der Waals surface area (Å²) in [6.45, 7) is 8.66. The van der Waals surface area contributed by atoms with Crippen molar-refractivity contribution in [2.75, 3.05) is 0 Å². The van der Waals surface area contributed by atoms with Gasteiger partial charge in [0, 0.05) is 6.42 Å². The molecule has 5 N–H and O–H groups in total. The van der Waals surface area contributed by atoms with Crippen LogP contribution in [0.2, 0.25) is 0 Å². The van der Waals surface area contributed by atoms with Crippen LogP contribution < -0.4 is 16.4 Å². The highest BCUT2D eigenvalue weighted by atomic mass is 16.6. The van der Waals surface area contributed by atoms with Gasteiger partial charge in [-0.2, -0.15) is 0 Å². The summed E-state index contributed by atoms with van der Waals surface area (Å²) in [5.41, 5.74) is 4.28. The molecule has 0 bridgehead atoms. The molecule has 3 atom stereocenters. The molecule has 144 valence electrons. The number of nitrogens with two attached hydrogens (primary N) is 1. The molecule has 25 heavy (non-hydrogen) atoms. The van der Waals surface area contributed by atoms with E-state index in [9.17, 15) is 19.2 Å². The molecule has 0 spiro atoms. The minimum atomic E-state index is -1.28. The number of carbonyl (C=O) groups excluding carboxylic acids is 3. The van der Waals surface area contributed by atoms with Crippen molar-refractivity contribution in [2.24, 2.45) is 11.7 Å². The van der Waals surface area contributed by atoms with E-state index in [1.165, 1.54) is 0 Å². The quantitative estimate of drug-likeness (QED) is 0.478. The summed E-state index contributed by atoms with van der Waals surface area (Å²) in [6, 6.07) is -2.23. The van der Waals surface area contributed by atoms with E-state index in [0.29, 0.717) is 6.42 Å². The summed E-state index contributed by atoms with van der Waals surface area (Å²) in [7, 11) is 0. The van der Waals surface area contributed by atoms with Gasteiger partial charge in [0.1, 0.15) is 17.7 Å². The Hall–Kier alpha value is -2.32. The number of nitrogens with one attached hydrogen (secondary N) is 2. The van der Waals surface area contributed by atoms with E-state index in [1.807, 2.05) is 6.92 Å².